The van der Waals surface area contributed by atoms with Crippen LogP contribution >= 0.6 is 11.3 Å². The van der Waals surface area contributed by atoms with E-state index >= 15 is 0 Å². The number of nitrogen functional groups attached to an aromatic ring is 1. The van der Waals surface area contributed by atoms with Gasteiger partial charge in [-0.1, -0.05) is 11.3 Å². The summed E-state index contributed by atoms with van der Waals surface area (Å²) in [5, 5.41) is 11.9. The summed E-state index contributed by atoms with van der Waals surface area (Å²) in [6.45, 7) is 1.71. The minimum Gasteiger partial charge on any atom is -0.481 e. The van der Waals surface area contributed by atoms with Crippen molar-refractivity contribution in [3.63, 3.8) is 0 Å². The Bertz CT molecular complexity index is 482. The highest BCUT2D eigenvalue weighted by atomic mass is 32.1. The molecule has 0 bridgehead atoms. The standard InChI is InChI=1S/C11H15N3O3S/c1-5-9(18-11(12)13-5)10(17)14-7(4-8(15)16)6-2-3-6/h6-7H,2-4H2,1H3,(H2,12,13)(H,14,17)(H,15,16). The van der Waals surface area contributed by atoms with Crippen LogP contribution in [0.5, 0.6) is 0 Å². The Morgan fingerprint density at radius 3 is 2.72 bits per heavy atom. The van der Waals surface area contributed by atoms with Gasteiger partial charge in [0.2, 0.25) is 0 Å². The van der Waals surface area contributed by atoms with Gasteiger partial charge in [0.25, 0.3) is 5.91 Å². The quantitative estimate of drug-likeness (QED) is 0.740. The first-order valence-corrected chi connectivity index (χ1v) is 6.54. The van der Waals surface area contributed by atoms with Gasteiger partial charge in [-0.05, 0) is 25.7 Å². The van der Waals surface area contributed by atoms with Crippen LogP contribution in [0.25, 0.3) is 0 Å². The van der Waals surface area contributed by atoms with Crippen LogP contribution in [0.15, 0.2) is 0 Å². The van der Waals surface area contributed by atoms with Gasteiger partial charge in [0.1, 0.15) is 4.88 Å². The van der Waals surface area contributed by atoms with Crippen molar-refractivity contribution in [3.05, 3.63) is 10.6 Å². The number of carbonyl (C=O) groups excluding carboxylic acids is 1. The van der Waals surface area contributed by atoms with E-state index < -0.39 is 5.97 Å². The number of nitrogens with two attached hydrogens (primary N) is 1. The number of carboxylic acid groups (broad SMARTS) is 1. The zero-order chi connectivity index (χ0) is 13.3. The Morgan fingerprint density at radius 1 is 1.61 bits per heavy atom. The van der Waals surface area contributed by atoms with E-state index in [1.807, 2.05) is 0 Å². The Labute approximate surface area is 108 Å². The molecule has 0 spiro atoms. The van der Waals surface area contributed by atoms with Crippen molar-refractivity contribution in [1.82, 2.24) is 10.3 Å². The van der Waals surface area contributed by atoms with Crippen LogP contribution in [0.3, 0.4) is 0 Å². The topological polar surface area (TPSA) is 105 Å². The molecule has 1 fully saturated rings. The zero-order valence-electron chi connectivity index (χ0n) is 9.97. The second-order valence-electron chi connectivity index (χ2n) is 4.48. The number of rotatable bonds is 5. The molecule has 1 unspecified atom stereocenters. The first-order valence-electron chi connectivity index (χ1n) is 5.73. The fraction of sp³-hybridized carbons (Fsp3) is 0.545. The van der Waals surface area contributed by atoms with Crippen molar-refractivity contribution in [2.75, 3.05) is 5.73 Å². The second-order valence-corrected chi connectivity index (χ2v) is 5.51. The lowest BCUT2D eigenvalue weighted by Crippen LogP contribution is -2.38. The molecule has 1 aromatic rings. The highest BCUT2D eigenvalue weighted by Crippen LogP contribution is 2.34. The molecule has 7 heteroatoms. The smallest absolute Gasteiger partial charge is 0.305 e. The van der Waals surface area contributed by atoms with Gasteiger partial charge in [0.15, 0.2) is 5.13 Å². The van der Waals surface area contributed by atoms with Crippen LogP contribution in [0.4, 0.5) is 5.13 Å². The summed E-state index contributed by atoms with van der Waals surface area (Å²) in [7, 11) is 0. The van der Waals surface area contributed by atoms with E-state index in [9.17, 15) is 9.59 Å². The number of carbonyl (C=O) groups is 2. The number of thiazole rings is 1. The molecule has 1 atom stereocenters. The van der Waals surface area contributed by atoms with Gasteiger partial charge >= 0.3 is 5.97 Å². The fourth-order valence-electron chi connectivity index (χ4n) is 1.88. The van der Waals surface area contributed by atoms with Gasteiger partial charge in [-0.3, -0.25) is 9.59 Å². The minimum absolute atomic E-state index is 0.0380. The maximum Gasteiger partial charge on any atom is 0.305 e. The molecule has 1 aliphatic rings. The molecular weight excluding hydrogens is 254 g/mol. The van der Waals surface area contributed by atoms with Crippen LogP contribution in [0, 0.1) is 12.8 Å². The number of aliphatic carboxylic acids is 1. The maximum atomic E-state index is 12.0. The molecule has 0 saturated heterocycles. The monoisotopic (exact) mass is 269 g/mol. The summed E-state index contributed by atoms with van der Waals surface area (Å²) in [5.41, 5.74) is 6.12. The first-order chi connectivity index (χ1) is 8.47. The Morgan fingerprint density at radius 2 is 2.28 bits per heavy atom. The largest absolute Gasteiger partial charge is 0.481 e. The van der Waals surface area contributed by atoms with E-state index in [0.717, 1.165) is 24.2 Å². The number of carboxylic acids is 1. The van der Waals surface area contributed by atoms with E-state index in [-0.39, 0.29) is 24.3 Å². The number of hydrogen-bond donors (Lipinski definition) is 3. The van der Waals surface area contributed by atoms with Crippen molar-refractivity contribution in [1.29, 1.82) is 0 Å². The molecule has 0 aromatic carbocycles. The number of aryl methyl sites for hydroxylation is 1. The molecule has 0 radical (unpaired) electrons. The molecule has 98 valence electrons. The van der Waals surface area contributed by atoms with Gasteiger partial charge < -0.3 is 16.2 Å². The lowest BCUT2D eigenvalue weighted by Gasteiger charge is -2.15. The molecule has 2 rings (SSSR count). The summed E-state index contributed by atoms with van der Waals surface area (Å²) < 4.78 is 0. The minimum atomic E-state index is -0.896. The van der Waals surface area contributed by atoms with E-state index in [4.69, 9.17) is 10.8 Å². The molecule has 1 saturated carbocycles. The van der Waals surface area contributed by atoms with Crippen molar-refractivity contribution in [2.45, 2.75) is 32.2 Å². The highest BCUT2D eigenvalue weighted by molar-refractivity contribution is 7.17. The SMILES string of the molecule is Cc1nc(N)sc1C(=O)NC(CC(=O)O)C1CC1. The van der Waals surface area contributed by atoms with Crippen LogP contribution in [-0.4, -0.2) is 28.0 Å². The third-order valence-electron chi connectivity index (χ3n) is 2.92. The van der Waals surface area contributed by atoms with Gasteiger partial charge in [0, 0.05) is 6.04 Å². The third-order valence-corrected chi connectivity index (χ3v) is 3.91. The molecule has 1 aliphatic carbocycles. The maximum absolute atomic E-state index is 12.0. The van der Waals surface area contributed by atoms with Crippen LogP contribution in [0.2, 0.25) is 0 Å². The summed E-state index contributed by atoms with van der Waals surface area (Å²) >= 11 is 1.12. The molecule has 1 aromatic heterocycles. The third kappa shape index (κ3) is 2.98. The van der Waals surface area contributed by atoms with Crippen molar-refractivity contribution >= 4 is 28.3 Å². The molecular formula is C11H15N3O3S. The van der Waals surface area contributed by atoms with Gasteiger partial charge in [-0.25, -0.2) is 4.98 Å². The van der Waals surface area contributed by atoms with E-state index in [1.165, 1.54) is 0 Å². The molecule has 4 N–H and O–H groups in total. The molecule has 0 aliphatic heterocycles. The molecule has 1 heterocycles. The summed E-state index contributed by atoms with van der Waals surface area (Å²) in [6.07, 6.45) is 1.91. The average Bonchev–Trinajstić information content (AvgIpc) is 3.03. The van der Waals surface area contributed by atoms with Gasteiger partial charge in [-0.2, -0.15) is 0 Å². The van der Waals surface area contributed by atoms with Crippen molar-refractivity contribution in [3.8, 4) is 0 Å². The average molecular weight is 269 g/mol. The number of hydrogen-bond acceptors (Lipinski definition) is 5. The van der Waals surface area contributed by atoms with Crippen LogP contribution in [0.1, 0.15) is 34.6 Å². The number of nitrogens with zero attached hydrogens (tertiary/aromatic N) is 1. The molecule has 18 heavy (non-hydrogen) atoms. The predicted molar refractivity (Wildman–Crippen MR) is 67.5 cm³/mol. The number of anilines is 1. The Hall–Kier alpha value is -1.63. The molecule has 6 nitrogen and oxygen atoms in total. The number of nitrogens with one attached hydrogen (secondary N) is 1. The second kappa shape index (κ2) is 4.93. The summed E-state index contributed by atoms with van der Waals surface area (Å²) in [6, 6.07) is -0.294. The normalized spacial score (nSPS) is 16.3. The number of aromatic nitrogens is 1. The van der Waals surface area contributed by atoms with Crippen molar-refractivity contribution < 1.29 is 14.7 Å². The summed E-state index contributed by atoms with van der Waals surface area (Å²) in [5.74, 6) is -0.886. The lowest BCUT2D eigenvalue weighted by atomic mass is 10.1. The predicted octanol–water partition coefficient (Wildman–Crippen LogP) is 1.02. The van der Waals surface area contributed by atoms with E-state index in [1.54, 1.807) is 6.92 Å². The van der Waals surface area contributed by atoms with Crippen LogP contribution in [-0.2, 0) is 4.79 Å². The van der Waals surface area contributed by atoms with Crippen LogP contribution < -0.4 is 11.1 Å². The van der Waals surface area contributed by atoms with Crippen molar-refractivity contribution in [2.24, 2.45) is 5.92 Å². The highest BCUT2D eigenvalue weighted by Gasteiger charge is 2.34. The molecule has 1 amide bonds. The van der Waals surface area contributed by atoms with E-state index in [2.05, 4.69) is 10.3 Å². The zero-order valence-corrected chi connectivity index (χ0v) is 10.8. The fourth-order valence-corrected chi connectivity index (χ4v) is 2.62. The van der Waals surface area contributed by atoms with Gasteiger partial charge in [0.05, 0.1) is 12.1 Å². The Kier molecular flexibility index (Phi) is 3.51. The lowest BCUT2D eigenvalue weighted by molar-refractivity contribution is -0.137. The van der Waals surface area contributed by atoms with Gasteiger partial charge in [-0.15, -0.1) is 0 Å². The van der Waals surface area contributed by atoms with E-state index in [0.29, 0.717) is 15.7 Å². The summed E-state index contributed by atoms with van der Waals surface area (Å²) in [4.78, 5) is 27.2. The first kappa shape index (κ1) is 12.8. The number of amides is 1. The Balaban J connectivity index is 2.04.